The Hall–Kier alpha value is -3.67. The lowest BCUT2D eigenvalue weighted by atomic mass is 9.96. The molecule has 0 aliphatic heterocycles. The van der Waals surface area contributed by atoms with Gasteiger partial charge in [-0.15, -0.1) is 0 Å². The zero-order valence-corrected chi connectivity index (χ0v) is 16.3. The third kappa shape index (κ3) is 4.27. The minimum atomic E-state index is -0.544. The number of benzene rings is 3. The number of nitrogens with zero attached hydrogens (tertiary/aromatic N) is 2. The largest absolute Gasteiger partial charge is 0.490 e. The minimum Gasteiger partial charge on any atom is -0.490 e. The van der Waals surface area contributed by atoms with Crippen molar-refractivity contribution in [3.63, 3.8) is 0 Å². The van der Waals surface area contributed by atoms with E-state index in [0.717, 1.165) is 11.1 Å². The van der Waals surface area contributed by atoms with E-state index in [1.807, 2.05) is 67.6 Å². The van der Waals surface area contributed by atoms with Crippen molar-refractivity contribution in [1.29, 1.82) is 0 Å². The first-order valence-electron chi connectivity index (χ1n) is 9.30. The van der Waals surface area contributed by atoms with E-state index in [9.17, 15) is 14.9 Å². The first kappa shape index (κ1) is 20.1. The first-order valence-corrected chi connectivity index (χ1v) is 9.30. The van der Waals surface area contributed by atoms with Gasteiger partial charge >= 0.3 is 5.69 Å². The molecule has 0 aliphatic carbocycles. The lowest BCUT2D eigenvalue weighted by molar-refractivity contribution is -0.385. The fourth-order valence-corrected chi connectivity index (χ4v) is 3.40. The molecule has 0 N–H and O–H groups in total. The van der Waals surface area contributed by atoms with Gasteiger partial charge in [0.15, 0.2) is 5.75 Å². The summed E-state index contributed by atoms with van der Waals surface area (Å²) in [6, 6.07) is 23.5. The van der Waals surface area contributed by atoms with Crippen molar-refractivity contribution in [3.05, 3.63) is 106 Å². The average Bonchev–Trinajstić information content (AvgIpc) is 2.77. The Morgan fingerprint density at radius 3 is 2.00 bits per heavy atom. The molecular weight excluding hydrogens is 368 g/mol. The van der Waals surface area contributed by atoms with Crippen LogP contribution in [0.4, 0.5) is 5.69 Å². The van der Waals surface area contributed by atoms with Crippen molar-refractivity contribution in [1.82, 2.24) is 4.90 Å². The van der Waals surface area contributed by atoms with Crippen LogP contribution < -0.4 is 4.74 Å². The van der Waals surface area contributed by atoms with Gasteiger partial charge in [-0.05, 0) is 30.2 Å². The van der Waals surface area contributed by atoms with Crippen LogP contribution in [0, 0.1) is 10.1 Å². The number of carbonyl (C=O) groups is 1. The SMILES string of the molecule is CCN(C(=O)c1ccc(OC)c([N+](=O)[O-])c1)C(c1ccccc1)c1ccccc1. The summed E-state index contributed by atoms with van der Waals surface area (Å²) >= 11 is 0. The summed E-state index contributed by atoms with van der Waals surface area (Å²) in [7, 11) is 1.36. The highest BCUT2D eigenvalue weighted by atomic mass is 16.6. The van der Waals surface area contributed by atoms with Crippen LogP contribution in [-0.2, 0) is 0 Å². The van der Waals surface area contributed by atoms with Gasteiger partial charge in [0.05, 0.1) is 18.1 Å². The zero-order valence-electron chi connectivity index (χ0n) is 16.3. The molecule has 0 spiro atoms. The molecule has 0 unspecified atom stereocenters. The Balaban J connectivity index is 2.07. The van der Waals surface area contributed by atoms with Crippen molar-refractivity contribution in [2.24, 2.45) is 0 Å². The third-order valence-electron chi connectivity index (χ3n) is 4.77. The van der Waals surface area contributed by atoms with Crippen molar-refractivity contribution in [2.75, 3.05) is 13.7 Å². The molecular formula is C23H22N2O4. The predicted octanol–water partition coefficient (Wildman–Crippen LogP) is 4.86. The monoisotopic (exact) mass is 390 g/mol. The number of rotatable bonds is 7. The maximum Gasteiger partial charge on any atom is 0.311 e. The summed E-state index contributed by atoms with van der Waals surface area (Å²) in [5, 5.41) is 11.4. The Bertz CT molecular complexity index is 951. The molecule has 1 amide bonds. The van der Waals surface area contributed by atoms with Crippen molar-refractivity contribution in [2.45, 2.75) is 13.0 Å². The number of hydrogen-bond donors (Lipinski definition) is 0. The normalized spacial score (nSPS) is 10.6. The van der Waals surface area contributed by atoms with Gasteiger partial charge in [-0.25, -0.2) is 0 Å². The quantitative estimate of drug-likeness (QED) is 0.427. The molecule has 148 valence electrons. The van der Waals surface area contributed by atoms with Gasteiger partial charge in [-0.1, -0.05) is 60.7 Å². The number of carbonyl (C=O) groups excluding carboxylic acids is 1. The second-order valence-electron chi connectivity index (χ2n) is 6.46. The van der Waals surface area contributed by atoms with Crippen LogP contribution in [0.15, 0.2) is 78.9 Å². The third-order valence-corrected chi connectivity index (χ3v) is 4.77. The molecule has 0 bridgehead atoms. The molecule has 0 radical (unpaired) electrons. The van der Waals surface area contributed by atoms with E-state index in [1.54, 1.807) is 11.0 Å². The molecule has 3 aromatic rings. The summed E-state index contributed by atoms with van der Waals surface area (Å²) in [4.78, 5) is 25.9. The molecule has 6 nitrogen and oxygen atoms in total. The van der Waals surface area contributed by atoms with Gasteiger partial charge < -0.3 is 9.64 Å². The van der Waals surface area contributed by atoms with Crippen LogP contribution in [0.5, 0.6) is 5.75 Å². The molecule has 0 saturated carbocycles. The van der Waals surface area contributed by atoms with Crippen molar-refractivity contribution < 1.29 is 14.5 Å². The van der Waals surface area contributed by atoms with Gasteiger partial charge in [0, 0.05) is 18.2 Å². The summed E-state index contributed by atoms with van der Waals surface area (Å²) in [5.41, 5.74) is 1.95. The van der Waals surface area contributed by atoms with Crippen LogP contribution in [0.3, 0.4) is 0 Å². The number of ether oxygens (including phenoxy) is 1. The number of nitro groups is 1. The Morgan fingerprint density at radius 1 is 1.00 bits per heavy atom. The van der Waals surface area contributed by atoms with E-state index in [2.05, 4.69) is 0 Å². The second kappa shape index (κ2) is 9.01. The first-order chi connectivity index (χ1) is 14.1. The molecule has 0 saturated heterocycles. The van der Waals surface area contributed by atoms with Crippen molar-refractivity contribution in [3.8, 4) is 5.75 Å². The Morgan fingerprint density at radius 2 is 1.55 bits per heavy atom. The van der Waals surface area contributed by atoms with E-state index < -0.39 is 4.92 Å². The van der Waals surface area contributed by atoms with Crippen LogP contribution in [0.25, 0.3) is 0 Å². The van der Waals surface area contributed by atoms with Gasteiger partial charge in [0.1, 0.15) is 0 Å². The van der Waals surface area contributed by atoms with E-state index in [1.165, 1.54) is 19.2 Å². The summed E-state index contributed by atoms with van der Waals surface area (Å²) in [6.45, 7) is 2.34. The summed E-state index contributed by atoms with van der Waals surface area (Å²) in [5.74, 6) is -0.159. The van der Waals surface area contributed by atoms with E-state index in [-0.39, 0.29) is 28.9 Å². The van der Waals surface area contributed by atoms with Gasteiger partial charge in [-0.2, -0.15) is 0 Å². The maximum atomic E-state index is 13.4. The highest BCUT2D eigenvalue weighted by Crippen LogP contribution is 2.32. The number of amides is 1. The molecule has 0 heterocycles. The molecule has 29 heavy (non-hydrogen) atoms. The van der Waals surface area contributed by atoms with E-state index >= 15 is 0 Å². The van der Waals surface area contributed by atoms with Crippen LogP contribution in [-0.4, -0.2) is 29.4 Å². The highest BCUT2D eigenvalue weighted by Gasteiger charge is 2.28. The Kier molecular flexibility index (Phi) is 6.24. The van der Waals surface area contributed by atoms with Crippen LogP contribution in [0.1, 0.15) is 34.5 Å². The summed E-state index contributed by atoms with van der Waals surface area (Å²) < 4.78 is 5.05. The molecule has 0 fully saturated rings. The van der Waals surface area contributed by atoms with Crippen LogP contribution in [0.2, 0.25) is 0 Å². The smallest absolute Gasteiger partial charge is 0.311 e. The molecule has 3 rings (SSSR count). The second-order valence-corrected chi connectivity index (χ2v) is 6.46. The highest BCUT2D eigenvalue weighted by molar-refractivity contribution is 5.95. The topological polar surface area (TPSA) is 72.7 Å². The molecule has 3 aromatic carbocycles. The fourth-order valence-electron chi connectivity index (χ4n) is 3.40. The molecule has 0 atom stereocenters. The number of hydrogen-bond acceptors (Lipinski definition) is 4. The standard InChI is InChI=1S/C23H22N2O4/c1-3-24(23(26)19-14-15-21(29-2)20(16-19)25(27)28)22(17-10-6-4-7-11-17)18-12-8-5-9-13-18/h4-16,22H,3H2,1-2H3. The minimum absolute atomic E-state index is 0.122. The van der Waals surface area contributed by atoms with Gasteiger partial charge in [0.2, 0.25) is 0 Å². The molecule has 0 aliphatic rings. The molecule has 6 heteroatoms. The van der Waals surface area contributed by atoms with E-state index in [0.29, 0.717) is 6.54 Å². The lowest BCUT2D eigenvalue weighted by Gasteiger charge is -2.32. The van der Waals surface area contributed by atoms with Crippen LogP contribution >= 0.6 is 0 Å². The predicted molar refractivity (Wildman–Crippen MR) is 111 cm³/mol. The van der Waals surface area contributed by atoms with Gasteiger partial charge in [-0.3, -0.25) is 14.9 Å². The fraction of sp³-hybridized carbons (Fsp3) is 0.174. The molecule has 0 aromatic heterocycles. The number of nitro benzene ring substituents is 1. The maximum absolute atomic E-state index is 13.4. The van der Waals surface area contributed by atoms with Gasteiger partial charge in [0.25, 0.3) is 5.91 Å². The summed E-state index contributed by atoms with van der Waals surface area (Å²) in [6.07, 6.45) is 0. The van der Waals surface area contributed by atoms with E-state index in [4.69, 9.17) is 4.74 Å². The lowest BCUT2D eigenvalue weighted by Crippen LogP contribution is -2.35. The van der Waals surface area contributed by atoms with Crippen molar-refractivity contribution >= 4 is 11.6 Å². The number of methoxy groups -OCH3 is 1. The average molecular weight is 390 g/mol. The zero-order chi connectivity index (χ0) is 20.8. The Labute approximate surface area is 169 Å².